The highest BCUT2D eigenvalue weighted by molar-refractivity contribution is 5.65. The fourth-order valence-corrected chi connectivity index (χ4v) is 1.46. The summed E-state index contributed by atoms with van der Waals surface area (Å²) in [6, 6.07) is 4.46. The van der Waals surface area contributed by atoms with Gasteiger partial charge < -0.3 is 14.2 Å². The Morgan fingerprint density at radius 3 is 2.76 bits per heavy atom. The molecular weight excluding hydrogens is 234 g/mol. The van der Waals surface area contributed by atoms with Gasteiger partial charge in [-0.05, 0) is 17.7 Å². The van der Waals surface area contributed by atoms with Gasteiger partial charge in [0.15, 0.2) is 11.5 Å². The molecule has 17 heavy (non-hydrogen) atoms. The minimum Gasteiger partial charge on any atom is -0.466 e. The summed E-state index contributed by atoms with van der Waals surface area (Å²) < 4.78 is 38.7. The van der Waals surface area contributed by atoms with Gasteiger partial charge in [-0.3, -0.25) is 4.79 Å². The Morgan fingerprint density at radius 1 is 1.35 bits per heavy atom. The van der Waals surface area contributed by atoms with E-state index in [4.69, 9.17) is 4.74 Å². The first-order valence-corrected chi connectivity index (χ1v) is 4.98. The molecule has 92 valence electrons. The molecule has 1 heterocycles. The molecule has 0 saturated heterocycles. The summed E-state index contributed by atoms with van der Waals surface area (Å²) in [6.07, 6.45) is -3.17. The van der Waals surface area contributed by atoms with Crippen molar-refractivity contribution in [1.29, 1.82) is 0 Å². The van der Waals surface area contributed by atoms with Crippen LogP contribution < -0.4 is 9.47 Å². The number of alkyl halides is 2. The normalized spacial score (nSPS) is 15.7. The Bertz CT molecular complexity index is 445. The molecule has 0 saturated carbocycles. The number of hydrogen-bond acceptors (Lipinski definition) is 4. The van der Waals surface area contributed by atoms with Crippen LogP contribution in [-0.2, 0) is 16.0 Å². The summed E-state index contributed by atoms with van der Waals surface area (Å²) in [5.74, 6) is -0.376. The Hall–Kier alpha value is -1.85. The lowest BCUT2D eigenvalue weighted by atomic mass is 10.1. The quantitative estimate of drug-likeness (QED) is 0.764. The Morgan fingerprint density at radius 2 is 2.06 bits per heavy atom. The largest absolute Gasteiger partial charge is 0.586 e. The summed E-state index contributed by atoms with van der Waals surface area (Å²) in [5.41, 5.74) is 0.728. The van der Waals surface area contributed by atoms with Crippen molar-refractivity contribution in [1.82, 2.24) is 0 Å². The molecule has 0 amide bonds. The van der Waals surface area contributed by atoms with Crippen LogP contribution >= 0.6 is 0 Å². The van der Waals surface area contributed by atoms with Crippen LogP contribution in [0, 0.1) is 0 Å². The molecule has 0 bridgehead atoms. The molecule has 1 aromatic carbocycles. The Balaban J connectivity index is 2.01. The lowest BCUT2D eigenvalue weighted by molar-refractivity contribution is -0.286. The van der Waals surface area contributed by atoms with Crippen LogP contribution in [0.15, 0.2) is 18.2 Å². The highest BCUT2D eigenvalue weighted by Gasteiger charge is 2.43. The topological polar surface area (TPSA) is 44.8 Å². The predicted octanol–water partition coefficient (Wildman–Crippen LogP) is 2.11. The number of benzene rings is 1. The van der Waals surface area contributed by atoms with E-state index in [0.717, 1.165) is 5.56 Å². The molecule has 1 aliphatic rings. The van der Waals surface area contributed by atoms with Crippen molar-refractivity contribution in [2.75, 3.05) is 6.61 Å². The van der Waals surface area contributed by atoms with E-state index in [1.54, 1.807) is 6.07 Å². The minimum atomic E-state index is -3.60. The van der Waals surface area contributed by atoms with Crippen LogP contribution in [0.1, 0.15) is 12.5 Å². The standard InChI is InChI=1S/C11H10F2O4/c1-7(14)15-5-4-8-2-3-9-10(6-8)17-11(12,13)16-9/h2-3,6H,4-5H2,1H3. The first-order valence-electron chi connectivity index (χ1n) is 4.98. The van der Waals surface area contributed by atoms with E-state index >= 15 is 0 Å². The van der Waals surface area contributed by atoms with Crippen molar-refractivity contribution in [3.8, 4) is 11.5 Å². The maximum Gasteiger partial charge on any atom is 0.586 e. The summed E-state index contributed by atoms with van der Waals surface area (Å²) >= 11 is 0. The average molecular weight is 244 g/mol. The van der Waals surface area contributed by atoms with Crippen LogP contribution in [0.3, 0.4) is 0 Å². The van der Waals surface area contributed by atoms with E-state index in [9.17, 15) is 13.6 Å². The van der Waals surface area contributed by atoms with E-state index < -0.39 is 6.29 Å². The van der Waals surface area contributed by atoms with Gasteiger partial charge in [0, 0.05) is 13.3 Å². The molecule has 0 unspecified atom stereocenters. The minimum absolute atomic E-state index is 0.00433. The van der Waals surface area contributed by atoms with Crippen LogP contribution in [0.5, 0.6) is 11.5 Å². The zero-order valence-electron chi connectivity index (χ0n) is 9.04. The number of esters is 1. The molecule has 0 aromatic heterocycles. The van der Waals surface area contributed by atoms with Crippen molar-refractivity contribution >= 4 is 5.97 Å². The van der Waals surface area contributed by atoms with Crippen molar-refractivity contribution < 1.29 is 27.8 Å². The number of carbonyl (C=O) groups excluding carboxylic acids is 1. The third kappa shape index (κ3) is 2.83. The zero-order valence-corrected chi connectivity index (χ0v) is 9.04. The molecule has 6 heteroatoms. The molecule has 2 rings (SSSR count). The third-order valence-electron chi connectivity index (χ3n) is 2.16. The average Bonchev–Trinajstić information content (AvgIpc) is 2.50. The molecule has 0 N–H and O–H groups in total. The van der Waals surface area contributed by atoms with Gasteiger partial charge >= 0.3 is 12.3 Å². The predicted molar refractivity (Wildman–Crippen MR) is 53.0 cm³/mol. The van der Waals surface area contributed by atoms with E-state index in [2.05, 4.69) is 9.47 Å². The van der Waals surface area contributed by atoms with Gasteiger partial charge in [0.05, 0.1) is 6.61 Å². The van der Waals surface area contributed by atoms with Crippen LogP contribution in [0.25, 0.3) is 0 Å². The van der Waals surface area contributed by atoms with Crippen molar-refractivity contribution in [3.63, 3.8) is 0 Å². The van der Waals surface area contributed by atoms with Crippen molar-refractivity contribution in [2.24, 2.45) is 0 Å². The molecule has 0 atom stereocenters. The van der Waals surface area contributed by atoms with Gasteiger partial charge in [0.2, 0.25) is 0 Å². The van der Waals surface area contributed by atoms with Crippen LogP contribution in [0.4, 0.5) is 8.78 Å². The lowest BCUT2D eigenvalue weighted by Gasteiger charge is -2.04. The van der Waals surface area contributed by atoms with Gasteiger partial charge in [-0.15, -0.1) is 8.78 Å². The Labute approximate surface area is 96.1 Å². The number of carbonyl (C=O) groups is 1. The van der Waals surface area contributed by atoms with Crippen molar-refractivity contribution in [3.05, 3.63) is 23.8 Å². The molecule has 1 aromatic rings. The van der Waals surface area contributed by atoms with Crippen molar-refractivity contribution in [2.45, 2.75) is 19.6 Å². The van der Waals surface area contributed by atoms with Gasteiger partial charge in [0.1, 0.15) is 0 Å². The SMILES string of the molecule is CC(=O)OCCc1ccc2c(c1)OC(F)(F)O2. The molecule has 0 spiro atoms. The van der Waals surface area contributed by atoms with Gasteiger partial charge in [-0.1, -0.05) is 6.07 Å². The molecule has 0 radical (unpaired) electrons. The second-order valence-electron chi connectivity index (χ2n) is 3.54. The maximum atomic E-state index is 12.7. The highest BCUT2D eigenvalue weighted by atomic mass is 19.3. The monoisotopic (exact) mass is 244 g/mol. The van der Waals surface area contributed by atoms with Gasteiger partial charge in [-0.25, -0.2) is 0 Å². The number of rotatable bonds is 3. The molecule has 0 aliphatic carbocycles. The van der Waals surface area contributed by atoms with Gasteiger partial charge in [0.25, 0.3) is 0 Å². The Kier molecular flexibility index (Phi) is 2.87. The van der Waals surface area contributed by atoms with Crippen LogP contribution in [-0.4, -0.2) is 18.9 Å². The summed E-state index contributed by atoms with van der Waals surface area (Å²) in [7, 11) is 0. The van der Waals surface area contributed by atoms with E-state index in [1.165, 1.54) is 19.1 Å². The summed E-state index contributed by atoms with van der Waals surface area (Å²) in [6.45, 7) is 1.51. The summed E-state index contributed by atoms with van der Waals surface area (Å²) in [4.78, 5) is 10.5. The molecular formula is C11H10F2O4. The number of ether oxygens (including phenoxy) is 3. The number of fused-ring (bicyclic) bond motifs is 1. The van der Waals surface area contributed by atoms with E-state index in [1.807, 2.05) is 0 Å². The fraction of sp³-hybridized carbons (Fsp3) is 0.364. The number of hydrogen-bond donors (Lipinski definition) is 0. The first-order chi connectivity index (χ1) is 7.96. The first kappa shape index (κ1) is 11.6. The highest BCUT2D eigenvalue weighted by Crippen LogP contribution is 2.41. The van der Waals surface area contributed by atoms with E-state index in [0.29, 0.717) is 6.42 Å². The second-order valence-corrected chi connectivity index (χ2v) is 3.54. The lowest BCUT2D eigenvalue weighted by Crippen LogP contribution is -2.25. The smallest absolute Gasteiger partial charge is 0.466 e. The van der Waals surface area contributed by atoms with Crippen LogP contribution in [0.2, 0.25) is 0 Å². The maximum absolute atomic E-state index is 12.7. The fourth-order valence-electron chi connectivity index (χ4n) is 1.46. The molecule has 1 aliphatic heterocycles. The van der Waals surface area contributed by atoms with Gasteiger partial charge in [-0.2, -0.15) is 0 Å². The second kappa shape index (κ2) is 4.20. The third-order valence-corrected chi connectivity index (χ3v) is 2.16. The number of halogens is 2. The molecule has 0 fully saturated rings. The zero-order chi connectivity index (χ0) is 12.5. The molecule has 4 nitrogen and oxygen atoms in total. The summed E-state index contributed by atoms with van der Waals surface area (Å²) in [5, 5.41) is 0. The van der Waals surface area contributed by atoms with E-state index in [-0.39, 0.29) is 24.1 Å².